The Bertz CT molecular complexity index is 352. The summed E-state index contributed by atoms with van der Waals surface area (Å²) in [6, 6.07) is 5.99. The van der Waals surface area contributed by atoms with Gasteiger partial charge in [-0.25, -0.2) is 0 Å². The van der Waals surface area contributed by atoms with Gasteiger partial charge in [0.1, 0.15) is 0 Å². The first kappa shape index (κ1) is 20.5. The second-order valence-corrected chi connectivity index (χ2v) is 7.28. The summed E-state index contributed by atoms with van der Waals surface area (Å²) < 4.78 is 0. The summed E-state index contributed by atoms with van der Waals surface area (Å²) in [6.45, 7) is 2.28. The van der Waals surface area contributed by atoms with E-state index in [1.165, 1.54) is 83.5 Å². The van der Waals surface area contributed by atoms with E-state index in [1.54, 1.807) is 0 Å². The number of alkyl halides is 1. The van der Waals surface area contributed by atoms with Crippen LogP contribution in [0, 0.1) is 0 Å². The minimum Gasteiger partial charge on any atom is -0.260 e. The van der Waals surface area contributed by atoms with E-state index in [0.717, 1.165) is 12.1 Å². The van der Waals surface area contributed by atoms with Crippen molar-refractivity contribution in [3.63, 3.8) is 0 Å². The van der Waals surface area contributed by atoms with Gasteiger partial charge in [0, 0.05) is 6.20 Å². The molecular formula is C21H36ClN. The first-order chi connectivity index (χ1) is 11.3. The third kappa shape index (κ3) is 11.6. The van der Waals surface area contributed by atoms with Crippen LogP contribution in [0.2, 0.25) is 0 Å². The van der Waals surface area contributed by atoms with Crippen LogP contribution in [0.25, 0.3) is 0 Å². The van der Waals surface area contributed by atoms with E-state index in [9.17, 15) is 0 Å². The Labute approximate surface area is 149 Å². The molecule has 1 aromatic heterocycles. The van der Waals surface area contributed by atoms with Gasteiger partial charge in [-0.15, -0.1) is 11.6 Å². The van der Waals surface area contributed by atoms with Crippen LogP contribution < -0.4 is 0 Å². The van der Waals surface area contributed by atoms with Crippen molar-refractivity contribution in [2.24, 2.45) is 0 Å². The quantitative estimate of drug-likeness (QED) is 0.234. The molecule has 0 saturated carbocycles. The molecule has 0 bridgehead atoms. The molecule has 1 heterocycles. The number of unbranched alkanes of at least 4 members (excludes halogenated alkanes) is 12. The molecule has 2 heteroatoms. The van der Waals surface area contributed by atoms with Crippen LogP contribution in [0.5, 0.6) is 0 Å². The molecule has 1 aromatic rings. The maximum Gasteiger partial charge on any atom is 0.0757 e. The molecule has 0 aliphatic heterocycles. The standard InChI is InChI=1S/C21H36ClN/c1-2-3-4-5-6-7-8-9-10-11-12-13-14-17-20(22)21-18-15-16-19-23-21/h15-16,18-20H,2-14,17H2,1H3. The number of halogens is 1. The van der Waals surface area contributed by atoms with Crippen molar-refractivity contribution < 1.29 is 0 Å². The molecule has 0 aliphatic carbocycles. The zero-order valence-electron chi connectivity index (χ0n) is 15.1. The SMILES string of the molecule is CCCCCCCCCCCCCCCC(Cl)c1ccccn1. The van der Waals surface area contributed by atoms with E-state index in [-0.39, 0.29) is 5.38 Å². The first-order valence-corrected chi connectivity index (χ1v) is 10.3. The molecule has 1 unspecified atom stereocenters. The van der Waals surface area contributed by atoms with Gasteiger partial charge >= 0.3 is 0 Å². The minimum atomic E-state index is 0.0870. The Morgan fingerprint density at radius 2 is 1.30 bits per heavy atom. The van der Waals surface area contributed by atoms with Gasteiger partial charge in [-0.1, -0.05) is 96.5 Å². The van der Waals surface area contributed by atoms with Crippen molar-refractivity contribution >= 4 is 11.6 Å². The Balaban J connectivity index is 1.81. The molecule has 132 valence electrons. The molecule has 1 rings (SSSR count). The fraction of sp³-hybridized carbons (Fsp3) is 0.762. The molecule has 0 spiro atoms. The fourth-order valence-electron chi connectivity index (χ4n) is 3.05. The van der Waals surface area contributed by atoms with Crippen LogP contribution >= 0.6 is 11.6 Å². The number of rotatable bonds is 15. The highest BCUT2D eigenvalue weighted by molar-refractivity contribution is 6.20. The number of hydrogen-bond acceptors (Lipinski definition) is 1. The highest BCUT2D eigenvalue weighted by atomic mass is 35.5. The van der Waals surface area contributed by atoms with Gasteiger partial charge in [-0.05, 0) is 18.6 Å². The van der Waals surface area contributed by atoms with Gasteiger partial charge in [0.2, 0.25) is 0 Å². The minimum absolute atomic E-state index is 0.0870. The normalized spacial score (nSPS) is 12.4. The third-order valence-corrected chi connectivity index (χ3v) is 5.01. The molecular weight excluding hydrogens is 302 g/mol. The molecule has 0 saturated heterocycles. The van der Waals surface area contributed by atoms with Crippen LogP contribution in [-0.4, -0.2) is 4.98 Å². The van der Waals surface area contributed by atoms with Crippen molar-refractivity contribution in [1.82, 2.24) is 4.98 Å². The Morgan fingerprint density at radius 1 is 0.783 bits per heavy atom. The largest absolute Gasteiger partial charge is 0.260 e. The average molecular weight is 338 g/mol. The van der Waals surface area contributed by atoms with Crippen LogP contribution in [0.4, 0.5) is 0 Å². The van der Waals surface area contributed by atoms with E-state index < -0.39 is 0 Å². The summed E-state index contributed by atoms with van der Waals surface area (Å²) in [5, 5.41) is 0.0870. The van der Waals surface area contributed by atoms with Crippen molar-refractivity contribution in [2.75, 3.05) is 0 Å². The van der Waals surface area contributed by atoms with E-state index in [4.69, 9.17) is 11.6 Å². The summed E-state index contributed by atoms with van der Waals surface area (Å²) in [6.07, 6.45) is 21.0. The molecule has 0 aromatic carbocycles. The molecule has 0 radical (unpaired) electrons. The summed E-state index contributed by atoms with van der Waals surface area (Å²) in [7, 11) is 0. The maximum absolute atomic E-state index is 6.39. The van der Waals surface area contributed by atoms with Crippen LogP contribution in [0.15, 0.2) is 24.4 Å². The van der Waals surface area contributed by atoms with E-state index in [1.807, 2.05) is 24.4 Å². The zero-order valence-corrected chi connectivity index (χ0v) is 15.9. The molecule has 0 aliphatic rings. The number of hydrogen-bond donors (Lipinski definition) is 0. The predicted octanol–water partition coefficient (Wildman–Crippen LogP) is 7.84. The topological polar surface area (TPSA) is 12.9 Å². The first-order valence-electron chi connectivity index (χ1n) is 9.89. The van der Waals surface area contributed by atoms with Gasteiger partial charge in [-0.3, -0.25) is 4.98 Å². The van der Waals surface area contributed by atoms with Gasteiger partial charge in [0.25, 0.3) is 0 Å². The van der Waals surface area contributed by atoms with E-state index in [0.29, 0.717) is 0 Å². The smallest absolute Gasteiger partial charge is 0.0757 e. The van der Waals surface area contributed by atoms with Crippen molar-refractivity contribution in [1.29, 1.82) is 0 Å². The summed E-state index contributed by atoms with van der Waals surface area (Å²) in [5.41, 5.74) is 1.02. The molecule has 0 amide bonds. The van der Waals surface area contributed by atoms with Gasteiger partial charge in [0.05, 0.1) is 11.1 Å². The van der Waals surface area contributed by atoms with Gasteiger partial charge in [0.15, 0.2) is 0 Å². The van der Waals surface area contributed by atoms with E-state index in [2.05, 4.69) is 11.9 Å². The van der Waals surface area contributed by atoms with Gasteiger partial charge in [-0.2, -0.15) is 0 Å². The molecule has 0 N–H and O–H groups in total. The highest BCUT2D eigenvalue weighted by Gasteiger charge is 2.07. The highest BCUT2D eigenvalue weighted by Crippen LogP contribution is 2.24. The van der Waals surface area contributed by atoms with Crippen LogP contribution in [0.3, 0.4) is 0 Å². The molecule has 1 nitrogen and oxygen atoms in total. The lowest BCUT2D eigenvalue weighted by Gasteiger charge is -2.08. The monoisotopic (exact) mass is 337 g/mol. The summed E-state index contributed by atoms with van der Waals surface area (Å²) >= 11 is 6.39. The number of aromatic nitrogens is 1. The fourth-order valence-corrected chi connectivity index (χ4v) is 3.33. The lowest BCUT2D eigenvalue weighted by atomic mass is 10.0. The number of pyridine rings is 1. The average Bonchev–Trinajstić information content (AvgIpc) is 2.59. The van der Waals surface area contributed by atoms with Crippen molar-refractivity contribution in [3.05, 3.63) is 30.1 Å². The van der Waals surface area contributed by atoms with Crippen molar-refractivity contribution in [2.45, 2.75) is 102 Å². The lowest BCUT2D eigenvalue weighted by Crippen LogP contribution is -1.93. The van der Waals surface area contributed by atoms with Crippen molar-refractivity contribution in [3.8, 4) is 0 Å². The Kier molecular flexibility index (Phi) is 13.4. The third-order valence-electron chi connectivity index (χ3n) is 4.57. The summed E-state index contributed by atoms with van der Waals surface area (Å²) in [5.74, 6) is 0. The number of nitrogens with zero attached hydrogens (tertiary/aromatic N) is 1. The Hall–Kier alpha value is -0.560. The van der Waals surface area contributed by atoms with Gasteiger partial charge < -0.3 is 0 Å². The van der Waals surface area contributed by atoms with Crippen LogP contribution in [-0.2, 0) is 0 Å². The molecule has 1 atom stereocenters. The predicted molar refractivity (Wildman–Crippen MR) is 103 cm³/mol. The molecule has 23 heavy (non-hydrogen) atoms. The second kappa shape index (κ2) is 15.0. The Morgan fingerprint density at radius 3 is 1.78 bits per heavy atom. The summed E-state index contributed by atoms with van der Waals surface area (Å²) in [4.78, 5) is 4.33. The molecule has 0 fully saturated rings. The second-order valence-electron chi connectivity index (χ2n) is 6.75. The van der Waals surface area contributed by atoms with E-state index >= 15 is 0 Å². The lowest BCUT2D eigenvalue weighted by molar-refractivity contribution is 0.534. The van der Waals surface area contributed by atoms with Crippen LogP contribution in [0.1, 0.15) is 108 Å². The maximum atomic E-state index is 6.39. The zero-order chi connectivity index (χ0) is 16.6.